The van der Waals surface area contributed by atoms with Crippen LogP contribution in [0.5, 0.6) is 0 Å². The smallest absolute Gasteiger partial charge is 0.428 e. The van der Waals surface area contributed by atoms with Gasteiger partial charge in [-0.05, 0) is 26.1 Å². The number of nitrogens with one attached hydrogen (secondary N) is 1. The van der Waals surface area contributed by atoms with Crippen LogP contribution in [0.3, 0.4) is 0 Å². The number of ether oxygens (including phenoxy) is 1. The highest BCUT2D eigenvalue weighted by Gasteiger charge is 2.36. The molecule has 1 N–H and O–H groups in total. The number of hydrogen-bond acceptors (Lipinski definition) is 5. The molecule has 0 spiro atoms. The number of piperazine rings is 1. The second-order valence-corrected chi connectivity index (χ2v) is 6.18. The van der Waals surface area contributed by atoms with Gasteiger partial charge in [0.05, 0.1) is 5.56 Å². The third kappa shape index (κ3) is 3.71. The van der Waals surface area contributed by atoms with E-state index in [1.165, 1.54) is 6.07 Å². The number of halogens is 3. The van der Waals surface area contributed by atoms with Gasteiger partial charge in [-0.25, -0.2) is 10.2 Å². The maximum Gasteiger partial charge on any atom is 0.428 e. The minimum absolute atomic E-state index is 0.165. The third-order valence-corrected chi connectivity index (χ3v) is 4.38. The molecule has 136 valence electrons. The normalized spacial score (nSPS) is 22.3. The van der Waals surface area contributed by atoms with E-state index in [-0.39, 0.29) is 17.0 Å². The summed E-state index contributed by atoms with van der Waals surface area (Å²) in [6.45, 7) is 4.06. The molecular weight excluding hydrogens is 337 g/mol. The number of alkyl halides is 3. The van der Waals surface area contributed by atoms with Gasteiger partial charge in [-0.15, -0.1) is 0 Å². The Morgan fingerprint density at radius 1 is 1.24 bits per heavy atom. The Bertz CT molecular complexity index is 697. The molecule has 1 aromatic carbocycles. The number of carbonyl (C=O) groups is 1. The molecule has 1 amide bonds. The topological polar surface area (TPSA) is 57.2 Å². The number of cyclic esters (lactones) is 1. The van der Waals surface area contributed by atoms with Gasteiger partial charge in [-0.2, -0.15) is 18.3 Å². The summed E-state index contributed by atoms with van der Waals surface area (Å²) in [5, 5.41) is 3.84. The number of likely N-dealkylation sites (N-methyl/N-ethyl adjacent to an activating group) is 1. The quantitative estimate of drug-likeness (QED) is 0.883. The predicted octanol–water partition coefficient (Wildman–Crippen LogP) is 2.29. The van der Waals surface area contributed by atoms with Crippen LogP contribution in [0.2, 0.25) is 0 Å². The predicted molar refractivity (Wildman–Crippen MR) is 86.8 cm³/mol. The molecular formula is C16H19F3N4O2. The fourth-order valence-corrected chi connectivity index (χ4v) is 2.98. The maximum absolute atomic E-state index is 13.6. The summed E-state index contributed by atoms with van der Waals surface area (Å²) in [5.41, 5.74) is 2.12. The van der Waals surface area contributed by atoms with Gasteiger partial charge in [0.25, 0.3) is 0 Å². The van der Waals surface area contributed by atoms with Gasteiger partial charge >= 0.3 is 12.3 Å². The van der Waals surface area contributed by atoms with Gasteiger partial charge in [0.1, 0.15) is 11.8 Å². The van der Waals surface area contributed by atoms with E-state index >= 15 is 0 Å². The highest BCUT2D eigenvalue weighted by Crippen LogP contribution is 2.38. The van der Waals surface area contributed by atoms with E-state index in [0.29, 0.717) is 26.2 Å². The Kier molecular flexibility index (Phi) is 4.59. The van der Waals surface area contributed by atoms with Gasteiger partial charge < -0.3 is 14.5 Å². The van der Waals surface area contributed by atoms with E-state index in [9.17, 15) is 18.0 Å². The number of rotatable bonds is 2. The zero-order valence-corrected chi connectivity index (χ0v) is 13.9. The zero-order chi connectivity index (χ0) is 18.2. The minimum atomic E-state index is -4.49. The molecule has 0 saturated carbocycles. The van der Waals surface area contributed by atoms with Crippen LogP contribution in [0.15, 0.2) is 23.3 Å². The lowest BCUT2D eigenvalue weighted by Crippen LogP contribution is -2.45. The molecule has 1 aromatic rings. The summed E-state index contributed by atoms with van der Waals surface area (Å²) < 4.78 is 45.8. The van der Waals surface area contributed by atoms with Gasteiger partial charge in [-0.3, -0.25) is 0 Å². The average molecular weight is 356 g/mol. The van der Waals surface area contributed by atoms with Crippen molar-refractivity contribution in [1.29, 1.82) is 0 Å². The van der Waals surface area contributed by atoms with Gasteiger partial charge in [0.2, 0.25) is 0 Å². The first-order chi connectivity index (χ1) is 11.8. The Balaban J connectivity index is 1.97. The van der Waals surface area contributed by atoms with E-state index in [2.05, 4.69) is 15.4 Å². The molecule has 6 nitrogen and oxygen atoms in total. The SMILES string of the molecule is C[C@@H]1OC(=O)NN=C1c1ccc(N2CCN(C)CC2)c(C(F)(F)F)c1. The lowest BCUT2D eigenvalue weighted by atomic mass is 10.0. The number of amides is 1. The van der Waals surface area contributed by atoms with E-state index in [4.69, 9.17) is 4.74 Å². The Hall–Kier alpha value is -2.29. The van der Waals surface area contributed by atoms with Crippen LogP contribution in [0.4, 0.5) is 23.7 Å². The van der Waals surface area contributed by atoms with Gasteiger partial charge in [0, 0.05) is 37.4 Å². The Labute approximate surface area is 143 Å². The highest BCUT2D eigenvalue weighted by molar-refractivity contribution is 6.06. The number of benzene rings is 1. The van der Waals surface area contributed by atoms with Crippen molar-refractivity contribution in [3.05, 3.63) is 29.3 Å². The van der Waals surface area contributed by atoms with E-state index in [1.54, 1.807) is 17.9 Å². The summed E-state index contributed by atoms with van der Waals surface area (Å²) in [5.74, 6) is 0. The van der Waals surface area contributed by atoms with E-state index in [1.807, 2.05) is 7.05 Å². The summed E-state index contributed by atoms with van der Waals surface area (Å²) in [7, 11) is 1.95. The molecule has 0 aliphatic carbocycles. The minimum Gasteiger partial charge on any atom is -0.439 e. The second kappa shape index (κ2) is 6.55. The molecule has 2 heterocycles. The van der Waals surface area contributed by atoms with Crippen molar-refractivity contribution in [1.82, 2.24) is 10.3 Å². The Morgan fingerprint density at radius 3 is 2.52 bits per heavy atom. The van der Waals surface area contributed by atoms with Gasteiger partial charge in [0.15, 0.2) is 0 Å². The van der Waals surface area contributed by atoms with Crippen LogP contribution in [0.25, 0.3) is 0 Å². The number of nitrogens with zero attached hydrogens (tertiary/aromatic N) is 3. The molecule has 0 bridgehead atoms. The van der Waals surface area contributed by atoms with Crippen LogP contribution in [-0.2, 0) is 10.9 Å². The number of hydrazone groups is 1. The largest absolute Gasteiger partial charge is 0.439 e. The van der Waals surface area contributed by atoms with Gasteiger partial charge in [-0.1, -0.05) is 6.07 Å². The zero-order valence-electron chi connectivity index (χ0n) is 13.9. The standard InChI is InChI=1S/C16H19F3N4O2/c1-10-14(20-21-15(24)25-10)11-3-4-13(12(9-11)16(17,18)19)23-7-5-22(2)6-8-23/h3-4,9-10H,5-8H2,1-2H3,(H,21,24)/t10-/m0/s1. The summed E-state index contributed by atoms with van der Waals surface area (Å²) in [6, 6.07) is 4.12. The van der Waals surface area contributed by atoms with Crippen LogP contribution >= 0.6 is 0 Å². The van der Waals surface area contributed by atoms with Crippen LogP contribution in [0, 0.1) is 0 Å². The molecule has 1 fully saturated rings. The molecule has 1 atom stereocenters. The number of hydrogen-bond donors (Lipinski definition) is 1. The van der Waals surface area contributed by atoms with Crippen LogP contribution in [0.1, 0.15) is 18.1 Å². The highest BCUT2D eigenvalue weighted by atomic mass is 19.4. The van der Waals surface area contributed by atoms with E-state index < -0.39 is 23.9 Å². The molecule has 2 aliphatic rings. The second-order valence-electron chi connectivity index (χ2n) is 6.18. The molecule has 25 heavy (non-hydrogen) atoms. The molecule has 0 unspecified atom stereocenters. The van der Waals surface area contributed by atoms with Crippen molar-refractivity contribution in [2.45, 2.75) is 19.2 Å². The molecule has 3 rings (SSSR count). The first-order valence-corrected chi connectivity index (χ1v) is 7.95. The lowest BCUT2D eigenvalue weighted by Gasteiger charge is -2.35. The maximum atomic E-state index is 13.6. The summed E-state index contributed by atoms with van der Waals surface area (Å²) in [6.07, 6.45) is -5.93. The fourth-order valence-electron chi connectivity index (χ4n) is 2.98. The fraction of sp³-hybridized carbons (Fsp3) is 0.500. The van der Waals surface area contributed by atoms with Crippen molar-refractivity contribution >= 4 is 17.5 Å². The molecule has 2 aliphatic heterocycles. The van der Waals surface area contributed by atoms with Crippen LogP contribution < -0.4 is 10.3 Å². The summed E-state index contributed by atoms with van der Waals surface area (Å²) >= 11 is 0. The first-order valence-electron chi connectivity index (χ1n) is 7.95. The first kappa shape index (κ1) is 17.5. The third-order valence-electron chi connectivity index (χ3n) is 4.38. The van der Waals surface area contributed by atoms with Crippen molar-refractivity contribution in [3.63, 3.8) is 0 Å². The van der Waals surface area contributed by atoms with Crippen molar-refractivity contribution in [3.8, 4) is 0 Å². The molecule has 1 saturated heterocycles. The molecule has 0 aromatic heterocycles. The average Bonchev–Trinajstić information content (AvgIpc) is 2.54. The summed E-state index contributed by atoms with van der Waals surface area (Å²) in [4.78, 5) is 15.0. The molecule has 0 radical (unpaired) electrons. The lowest BCUT2D eigenvalue weighted by molar-refractivity contribution is -0.137. The van der Waals surface area contributed by atoms with E-state index in [0.717, 1.165) is 6.07 Å². The monoisotopic (exact) mass is 356 g/mol. The van der Waals surface area contributed by atoms with Crippen molar-refractivity contribution in [2.75, 3.05) is 38.1 Å². The van der Waals surface area contributed by atoms with Crippen molar-refractivity contribution in [2.24, 2.45) is 5.10 Å². The Morgan fingerprint density at radius 2 is 1.92 bits per heavy atom. The van der Waals surface area contributed by atoms with Crippen molar-refractivity contribution < 1.29 is 22.7 Å². The number of anilines is 1. The molecule has 9 heteroatoms. The van der Waals surface area contributed by atoms with Crippen LogP contribution in [-0.4, -0.2) is 56.0 Å². The number of carbonyl (C=O) groups excluding carboxylic acids is 1.